The first-order valence-corrected chi connectivity index (χ1v) is 9.36. The number of nitrogens with zero attached hydrogens (tertiary/aromatic N) is 3. The molecule has 0 spiro atoms. The number of benzene rings is 1. The molecular formula is C23H23N5. The highest BCUT2D eigenvalue weighted by Gasteiger charge is 2.10. The van der Waals surface area contributed by atoms with Crippen molar-refractivity contribution < 1.29 is 0 Å². The van der Waals surface area contributed by atoms with E-state index in [2.05, 4.69) is 62.5 Å². The number of H-pyrrole nitrogens is 1. The van der Waals surface area contributed by atoms with Crippen LogP contribution in [0.1, 0.15) is 29.9 Å². The fraction of sp³-hybridized carbons (Fsp3) is 0.174. The van der Waals surface area contributed by atoms with Gasteiger partial charge in [0.05, 0.1) is 11.4 Å². The molecule has 5 nitrogen and oxygen atoms in total. The molecular weight excluding hydrogens is 346 g/mol. The van der Waals surface area contributed by atoms with Gasteiger partial charge < -0.3 is 10.3 Å². The van der Waals surface area contributed by atoms with Gasteiger partial charge in [0.25, 0.3) is 0 Å². The average Bonchev–Trinajstić information content (AvgIpc) is 3.07. The summed E-state index contributed by atoms with van der Waals surface area (Å²) in [5.41, 5.74) is 7.19. The summed E-state index contributed by atoms with van der Waals surface area (Å²) in [6.45, 7) is 6.16. The molecule has 0 saturated carbocycles. The van der Waals surface area contributed by atoms with Crippen molar-refractivity contribution in [3.8, 4) is 22.6 Å². The van der Waals surface area contributed by atoms with Gasteiger partial charge in [-0.05, 0) is 50.1 Å². The maximum atomic E-state index is 4.56. The van der Waals surface area contributed by atoms with E-state index in [0.29, 0.717) is 0 Å². The minimum atomic E-state index is 0.195. The van der Waals surface area contributed by atoms with Gasteiger partial charge in [-0.25, -0.2) is 4.98 Å². The molecule has 140 valence electrons. The van der Waals surface area contributed by atoms with Crippen LogP contribution in [0.25, 0.3) is 22.6 Å². The third kappa shape index (κ3) is 3.78. The second kappa shape index (κ2) is 7.64. The fourth-order valence-electron chi connectivity index (χ4n) is 3.16. The number of hydrogen-bond acceptors (Lipinski definition) is 4. The van der Waals surface area contributed by atoms with Crippen LogP contribution >= 0.6 is 0 Å². The molecule has 3 heterocycles. The van der Waals surface area contributed by atoms with E-state index < -0.39 is 0 Å². The van der Waals surface area contributed by atoms with Crippen molar-refractivity contribution in [2.45, 2.75) is 26.8 Å². The Kier molecular flexibility index (Phi) is 4.89. The van der Waals surface area contributed by atoms with Crippen LogP contribution in [0.2, 0.25) is 0 Å². The summed E-state index contributed by atoms with van der Waals surface area (Å²) >= 11 is 0. The summed E-state index contributed by atoms with van der Waals surface area (Å²) in [6.07, 6.45) is 5.53. The van der Waals surface area contributed by atoms with Crippen LogP contribution in [0.15, 0.2) is 67.1 Å². The van der Waals surface area contributed by atoms with Gasteiger partial charge in [0, 0.05) is 35.9 Å². The third-order valence-electron chi connectivity index (χ3n) is 4.88. The molecule has 0 aliphatic heterocycles. The maximum absolute atomic E-state index is 4.56. The van der Waals surface area contributed by atoms with Crippen molar-refractivity contribution in [3.63, 3.8) is 0 Å². The maximum Gasteiger partial charge on any atom is 0.156 e. The summed E-state index contributed by atoms with van der Waals surface area (Å²) in [7, 11) is 0. The Bertz CT molecular complexity index is 1070. The van der Waals surface area contributed by atoms with Crippen molar-refractivity contribution in [3.05, 3.63) is 84.1 Å². The van der Waals surface area contributed by atoms with Gasteiger partial charge in [-0.3, -0.25) is 9.97 Å². The molecule has 0 saturated heterocycles. The summed E-state index contributed by atoms with van der Waals surface area (Å²) < 4.78 is 0. The second-order valence-electron chi connectivity index (χ2n) is 6.96. The van der Waals surface area contributed by atoms with Gasteiger partial charge in [-0.2, -0.15) is 0 Å². The fourth-order valence-corrected chi connectivity index (χ4v) is 3.16. The highest BCUT2D eigenvalue weighted by Crippen LogP contribution is 2.26. The molecule has 0 fully saturated rings. The SMILES string of the molecule is Cc1nc(-c2cc(-c3cncc(NC(C)c4ccccc4)c3)ccn2)[nH]c1C. The lowest BCUT2D eigenvalue weighted by Gasteiger charge is -2.16. The molecule has 3 aromatic heterocycles. The Labute approximate surface area is 164 Å². The predicted octanol–water partition coefficient (Wildman–Crippen LogP) is 5.32. The topological polar surface area (TPSA) is 66.5 Å². The zero-order valence-corrected chi connectivity index (χ0v) is 16.3. The molecule has 0 amide bonds. The summed E-state index contributed by atoms with van der Waals surface area (Å²) in [5, 5.41) is 3.53. The first-order chi connectivity index (χ1) is 13.6. The van der Waals surface area contributed by atoms with Crippen molar-refractivity contribution in [2.75, 3.05) is 5.32 Å². The lowest BCUT2D eigenvalue weighted by Crippen LogP contribution is -2.06. The van der Waals surface area contributed by atoms with Gasteiger partial charge in [-0.15, -0.1) is 0 Å². The summed E-state index contributed by atoms with van der Waals surface area (Å²) in [5.74, 6) is 0.789. The van der Waals surface area contributed by atoms with E-state index in [0.717, 1.165) is 39.7 Å². The van der Waals surface area contributed by atoms with Crippen molar-refractivity contribution in [1.82, 2.24) is 19.9 Å². The highest BCUT2D eigenvalue weighted by atomic mass is 15.0. The molecule has 0 aliphatic rings. The number of pyridine rings is 2. The van der Waals surface area contributed by atoms with E-state index in [1.54, 1.807) is 0 Å². The first-order valence-electron chi connectivity index (χ1n) is 9.36. The molecule has 0 bridgehead atoms. The van der Waals surface area contributed by atoms with E-state index in [1.807, 2.05) is 50.6 Å². The van der Waals surface area contributed by atoms with Gasteiger partial charge in [-0.1, -0.05) is 30.3 Å². The van der Waals surface area contributed by atoms with E-state index in [9.17, 15) is 0 Å². The molecule has 2 N–H and O–H groups in total. The standard InChI is InChI=1S/C23H23N5/c1-15-16(2)28-23(27-15)22-12-19(9-10-25-22)20-11-21(14-24-13-20)26-17(3)18-7-5-4-6-8-18/h4-14,17,26H,1-3H3,(H,27,28). The van der Waals surface area contributed by atoms with Crippen molar-refractivity contribution in [1.29, 1.82) is 0 Å². The summed E-state index contributed by atoms with van der Waals surface area (Å²) in [6, 6.07) is 16.7. The largest absolute Gasteiger partial charge is 0.377 e. The normalized spacial score (nSPS) is 12.0. The first kappa shape index (κ1) is 17.9. The van der Waals surface area contributed by atoms with E-state index in [-0.39, 0.29) is 6.04 Å². The number of aryl methyl sites for hydroxylation is 2. The van der Waals surface area contributed by atoms with Crippen LogP contribution in [0.5, 0.6) is 0 Å². The Hall–Kier alpha value is -3.47. The molecule has 5 heteroatoms. The minimum absolute atomic E-state index is 0.195. The van der Waals surface area contributed by atoms with Crippen LogP contribution in [0.4, 0.5) is 5.69 Å². The van der Waals surface area contributed by atoms with Crippen molar-refractivity contribution in [2.24, 2.45) is 0 Å². The molecule has 4 rings (SSSR count). The Balaban J connectivity index is 1.60. The van der Waals surface area contributed by atoms with E-state index in [4.69, 9.17) is 0 Å². The third-order valence-corrected chi connectivity index (χ3v) is 4.88. The van der Waals surface area contributed by atoms with Crippen LogP contribution in [0, 0.1) is 13.8 Å². The monoisotopic (exact) mass is 369 g/mol. The number of nitrogens with one attached hydrogen (secondary N) is 2. The number of rotatable bonds is 5. The number of anilines is 1. The summed E-state index contributed by atoms with van der Waals surface area (Å²) in [4.78, 5) is 16.7. The quantitative estimate of drug-likeness (QED) is 0.499. The molecule has 1 aromatic carbocycles. The zero-order valence-electron chi connectivity index (χ0n) is 16.3. The van der Waals surface area contributed by atoms with E-state index >= 15 is 0 Å². The lowest BCUT2D eigenvalue weighted by molar-refractivity contribution is 0.883. The number of aromatic nitrogens is 4. The van der Waals surface area contributed by atoms with Crippen LogP contribution in [0.3, 0.4) is 0 Å². The van der Waals surface area contributed by atoms with Crippen LogP contribution in [-0.4, -0.2) is 19.9 Å². The average molecular weight is 369 g/mol. The van der Waals surface area contributed by atoms with Crippen LogP contribution in [-0.2, 0) is 0 Å². The second-order valence-corrected chi connectivity index (χ2v) is 6.96. The molecule has 0 aliphatic carbocycles. The molecule has 0 radical (unpaired) electrons. The molecule has 28 heavy (non-hydrogen) atoms. The predicted molar refractivity (Wildman–Crippen MR) is 113 cm³/mol. The van der Waals surface area contributed by atoms with Gasteiger partial charge in [0.15, 0.2) is 5.82 Å². The Morgan fingerprint density at radius 1 is 0.964 bits per heavy atom. The smallest absolute Gasteiger partial charge is 0.156 e. The number of hydrogen-bond donors (Lipinski definition) is 2. The van der Waals surface area contributed by atoms with Crippen molar-refractivity contribution >= 4 is 5.69 Å². The van der Waals surface area contributed by atoms with E-state index in [1.165, 1.54) is 5.56 Å². The van der Waals surface area contributed by atoms with Crippen LogP contribution < -0.4 is 5.32 Å². The minimum Gasteiger partial charge on any atom is -0.377 e. The van der Waals surface area contributed by atoms with Gasteiger partial charge >= 0.3 is 0 Å². The zero-order chi connectivity index (χ0) is 19.5. The lowest BCUT2D eigenvalue weighted by atomic mass is 10.1. The Morgan fingerprint density at radius 2 is 1.79 bits per heavy atom. The molecule has 4 aromatic rings. The van der Waals surface area contributed by atoms with Gasteiger partial charge in [0.1, 0.15) is 5.69 Å². The number of imidazole rings is 1. The van der Waals surface area contributed by atoms with Gasteiger partial charge in [0.2, 0.25) is 0 Å². The molecule has 1 unspecified atom stereocenters. The highest BCUT2D eigenvalue weighted by molar-refractivity contribution is 5.70. The Morgan fingerprint density at radius 3 is 2.54 bits per heavy atom. The molecule has 1 atom stereocenters. The number of aromatic amines is 1.